The van der Waals surface area contributed by atoms with Crippen LogP contribution in [0.3, 0.4) is 0 Å². The molecule has 2 aliphatic heterocycles. The molecule has 2 heterocycles. The van der Waals surface area contributed by atoms with E-state index in [9.17, 15) is 10.2 Å². The van der Waals surface area contributed by atoms with E-state index >= 15 is 0 Å². The fraction of sp³-hybridized carbons (Fsp3) is 0.619. The smallest absolute Gasteiger partial charge is 0.120 e. The van der Waals surface area contributed by atoms with Crippen LogP contribution in [0.4, 0.5) is 0 Å². The lowest BCUT2D eigenvalue weighted by molar-refractivity contribution is 0.0512. The highest BCUT2D eigenvalue weighted by Crippen LogP contribution is 2.20. The number of likely N-dealkylation sites (tertiary alicyclic amines) is 1. The van der Waals surface area contributed by atoms with E-state index < -0.39 is 5.60 Å². The SMILES string of the molecule is CN1CCN([C@@H]2CN(Cc3ccc(C#CC(C)(C)O)cc3)C[C@H]2O)CC1. The van der Waals surface area contributed by atoms with Gasteiger partial charge in [-0.3, -0.25) is 9.80 Å². The first-order valence-corrected chi connectivity index (χ1v) is 9.48. The molecule has 3 rings (SSSR count). The molecule has 1 aromatic carbocycles. The average Bonchev–Trinajstić information content (AvgIpc) is 2.94. The van der Waals surface area contributed by atoms with Crippen LogP contribution in [0.15, 0.2) is 24.3 Å². The molecule has 5 nitrogen and oxygen atoms in total. The van der Waals surface area contributed by atoms with Crippen LogP contribution >= 0.6 is 0 Å². The summed E-state index contributed by atoms with van der Waals surface area (Å²) >= 11 is 0. The van der Waals surface area contributed by atoms with Crippen molar-refractivity contribution in [2.75, 3.05) is 46.3 Å². The minimum absolute atomic E-state index is 0.251. The Hall–Kier alpha value is -1.42. The van der Waals surface area contributed by atoms with Gasteiger partial charge in [0.1, 0.15) is 5.60 Å². The molecular formula is C21H31N3O2. The molecule has 0 saturated carbocycles. The van der Waals surface area contributed by atoms with Gasteiger partial charge in [0.25, 0.3) is 0 Å². The molecule has 2 aliphatic rings. The number of hydrogen-bond donors (Lipinski definition) is 2. The first kappa shape index (κ1) is 19.3. The topological polar surface area (TPSA) is 50.2 Å². The van der Waals surface area contributed by atoms with Crippen LogP contribution in [-0.2, 0) is 6.54 Å². The maximum atomic E-state index is 10.5. The van der Waals surface area contributed by atoms with Crippen molar-refractivity contribution in [1.29, 1.82) is 0 Å². The van der Waals surface area contributed by atoms with Gasteiger partial charge in [-0.1, -0.05) is 24.0 Å². The summed E-state index contributed by atoms with van der Waals surface area (Å²) in [6, 6.07) is 8.42. The number of likely N-dealkylation sites (N-methyl/N-ethyl adjacent to an activating group) is 1. The zero-order chi connectivity index (χ0) is 18.7. The Balaban J connectivity index is 1.55. The van der Waals surface area contributed by atoms with Gasteiger partial charge in [-0.15, -0.1) is 0 Å². The monoisotopic (exact) mass is 357 g/mol. The second-order valence-electron chi connectivity index (χ2n) is 8.17. The number of hydrogen-bond acceptors (Lipinski definition) is 5. The van der Waals surface area contributed by atoms with Gasteiger partial charge in [-0.2, -0.15) is 0 Å². The van der Waals surface area contributed by atoms with Gasteiger partial charge in [0.2, 0.25) is 0 Å². The van der Waals surface area contributed by atoms with Crippen molar-refractivity contribution in [3.63, 3.8) is 0 Å². The molecule has 0 spiro atoms. The fourth-order valence-electron chi connectivity index (χ4n) is 3.67. The van der Waals surface area contributed by atoms with Crippen molar-refractivity contribution in [1.82, 2.24) is 14.7 Å². The molecule has 0 unspecified atom stereocenters. The molecule has 2 saturated heterocycles. The predicted molar refractivity (Wildman–Crippen MR) is 104 cm³/mol. The minimum atomic E-state index is -0.970. The van der Waals surface area contributed by atoms with Crippen molar-refractivity contribution in [3.05, 3.63) is 35.4 Å². The van der Waals surface area contributed by atoms with E-state index in [1.54, 1.807) is 13.8 Å². The average molecular weight is 357 g/mol. The van der Waals surface area contributed by atoms with Crippen molar-refractivity contribution in [3.8, 4) is 11.8 Å². The highest BCUT2D eigenvalue weighted by molar-refractivity contribution is 5.37. The third-order valence-electron chi connectivity index (χ3n) is 5.21. The highest BCUT2D eigenvalue weighted by atomic mass is 16.3. The van der Waals surface area contributed by atoms with Crippen LogP contribution in [-0.4, -0.2) is 89.0 Å². The Morgan fingerprint density at radius 1 is 1.08 bits per heavy atom. The molecule has 2 N–H and O–H groups in total. The Morgan fingerprint density at radius 3 is 2.35 bits per heavy atom. The zero-order valence-electron chi connectivity index (χ0n) is 16.1. The first-order valence-electron chi connectivity index (χ1n) is 9.48. The van der Waals surface area contributed by atoms with Crippen LogP contribution in [0.1, 0.15) is 25.0 Å². The largest absolute Gasteiger partial charge is 0.390 e. The maximum Gasteiger partial charge on any atom is 0.120 e. The Bertz CT molecular complexity index is 649. The molecule has 0 aliphatic carbocycles. The van der Waals surface area contributed by atoms with Crippen molar-refractivity contribution < 1.29 is 10.2 Å². The van der Waals surface area contributed by atoms with Crippen molar-refractivity contribution in [2.24, 2.45) is 0 Å². The Morgan fingerprint density at radius 2 is 1.73 bits per heavy atom. The first-order chi connectivity index (χ1) is 12.3. The number of β-amino-alcohol motifs (C(OH)–C–C–N with tert-alkyl or cyclic N) is 1. The highest BCUT2D eigenvalue weighted by Gasteiger charge is 2.36. The van der Waals surface area contributed by atoms with E-state index in [2.05, 4.69) is 45.7 Å². The van der Waals surface area contributed by atoms with Crippen LogP contribution in [0.2, 0.25) is 0 Å². The number of benzene rings is 1. The van der Waals surface area contributed by atoms with Gasteiger partial charge in [0.15, 0.2) is 0 Å². The minimum Gasteiger partial charge on any atom is -0.390 e. The second-order valence-corrected chi connectivity index (χ2v) is 8.17. The molecule has 0 amide bonds. The summed E-state index contributed by atoms with van der Waals surface area (Å²) in [4.78, 5) is 7.13. The zero-order valence-corrected chi connectivity index (χ0v) is 16.1. The van der Waals surface area contributed by atoms with Gasteiger partial charge in [0, 0.05) is 57.4 Å². The summed E-state index contributed by atoms with van der Waals surface area (Å²) in [5, 5.41) is 20.2. The molecule has 0 bridgehead atoms. The van der Waals surface area contributed by atoms with Gasteiger partial charge in [0.05, 0.1) is 6.10 Å². The van der Waals surface area contributed by atoms with E-state index in [4.69, 9.17) is 0 Å². The lowest BCUT2D eigenvalue weighted by atomic mass is 10.1. The third-order valence-corrected chi connectivity index (χ3v) is 5.21. The molecule has 26 heavy (non-hydrogen) atoms. The molecule has 5 heteroatoms. The van der Waals surface area contributed by atoms with Crippen LogP contribution in [0, 0.1) is 11.8 Å². The standard InChI is InChI=1S/C21H31N3O2/c1-21(2,26)9-8-17-4-6-18(7-5-17)14-23-15-19(20(25)16-23)24-12-10-22(3)11-13-24/h4-7,19-20,25-26H,10-16H2,1-3H3/t19-,20-/m1/s1. The maximum absolute atomic E-state index is 10.5. The lowest BCUT2D eigenvalue weighted by Crippen LogP contribution is -2.52. The quantitative estimate of drug-likeness (QED) is 0.776. The van der Waals surface area contributed by atoms with E-state index in [-0.39, 0.29) is 12.1 Å². The summed E-state index contributed by atoms with van der Waals surface area (Å²) in [5.41, 5.74) is 1.17. The molecule has 1 aromatic rings. The number of aliphatic hydroxyl groups excluding tert-OH is 1. The van der Waals surface area contributed by atoms with Gasteiger partial charge < -0.3 is 15.1 Å². The lowest BCUT2D eigenvalue weighted by Gasteiger charge is -2.37. The van der Waals surface area contributed by atoms with Gasteiger partial charge in [-0.25, -0.2) is 0 Å². The number of piperazine rings is 1. The number of rotatable bonds is 3. The van der Waals surface area contributed by atoms with E-state index in [1.807, 2.05) is 12.1 Å². The van der Waals surface area contributed by atoms with E-state index in [0.717, 1.165) is 51.4 Å². The predicted octanol–water partition coefficient (Wildman–Crippen LogP) is 0.602. The third kappa shape index (κ3) is 5.29. The second kappa shape index (κ2) is 8.08. The van der Waals surface area contributed by atoms with Crippen LogP contribution in [0.25, 0.3) is 0 Å². The van der Waals surface area contributed by atoms with Gasteiger partial charge in [-0.05, 0) is 38.6 Å². The number of nitrogens with zero attached hydrogens (tertiary/aromatic N) is 3. The number of aliphatic hydroxyl groups is 2. The normalized spacial score (nSPS) is 25.9. The molecule has 142 valence electrons. The molecule has 2 atom stereocenters. The van der Waals surface area contributed by atoms with Crippen LogP contribution < -0.4 is 0 Å². The summed E-state index contributed by atoms with van der Waals surface area (Å²) in [7, 11) is 2.16. The molecule has 0 radical (unpaired) electrons. The fourth-order valence-corrected chi connectivity index (χ4v) is 3.67. The van der Waals surface area contributed by atoms with Crippen LogP contribution in [0.5, 0.6) is 0 Å². The summed E-state index contributed by atoms with van der Waals surface area (Å²) in [6.45, 7) is 10.1. The molecule has 0 aromatic heterocycles. The Kier molecular flexibility index (Phi) is 6.01. The van der Waals surface area contributed by atoms with Gasteiger partial charge >= 0.3 is 0 Å². The van der Waals surface area contributed by atoms with Crippen molar-refractivity contribution in [2.45, 2.75) is 38.1 Å². The van der Waals surface area contributed by atoms with Crippen molar-refractivity contribution >= 4 is 0 Å². The molecule has 2 fully saturated rings. The molecular weight excluding hydrogens is 326 g/mol. The van der Waals surface area contributed by atoms with E-state index in [1.165, 1.54) is 5.56 Å². The van der Waals surface area contributed by atoms with E-state index in [0.29, 0.717) is 0 Å². The summed E-state index contributed by atoms with van der Waals surface area (Å²) in [5.74, 6) is 5.84. The summed E-state index contributed by atoms with van der Waals surface area (Å²) < 4.78 is 0. The Labute approximate surface area is 157 Å². The summed E-state index contributed by atoms with van der Waals surface area (Å²) in [6.07, 6.45) is -0.268.